The molecule has 0 radical (unpaired) electrons. The van der Waals surface area contributed by atoms with Gasteiger partial charge in [-0.05, 0) is 56.2 Å². The van der Waals surface area contributed by atoms with Crippen LogP contribution < -0.4 is 10.1 Å². The number of pyridine rings is 1. The monoisotopic (exact) mass is 446 g/mol. The standard InChI is InChI=1S/C22H20Cl2N2O4/c1-12-5-4-6-18(14(12)3)26-19(27)10-29-20(28)11-30-22-17(24)9-16(23)15-8-7-13(2)25-21(15)22/h4-9H,10-11H2,1-3H3,(H,26,27). The van der Waals surface area contributed by atoms with Crippen molar-refractivity contribution in [2.75, 3.05) is 18.5 Å². The van der Waals surface area contributed by atoms with Gasteiger partial charge in [0, 0.05) is 16.8 Å². The van der Waals surface area contributed by atoms with Crippen LogP contribution in [0.25, 0.3) is 10.9 Å². The van der Waals surface area contributed by atoms with Crippen LogP contribution in [0.4, 0.5) is 5.69 Å². The van der Waals surface area contributed by atoms with Crippen molar-refractivity contribution in [2.24, 2.45) is 0 Å². The molecule has 0 saturated carbocycles. The number of anilines is 1. The van der Waals surface area contributed by atoms with Crippen LogP contribution in [-0.2, 0) is 14.3 Å². The first-order valence-electron chi connectivity index (χ1n) is 9.16. The van der Waals surface area contributed by atoms with Gasteiger partial charge in [-0.2, -0.15) is 0 Å². The lowest BCUT2D eigenvalue weighted by Gasteiger charge is -2.13. The first kappa shape index (κ1) is 21.9. The molecule has 0 saturated heterocycles. The second-order valence-electron chi connectivity index (χ2n) is 6.76. The van der Waals surface area contributed by atoms with Crippen molar-refractivity contribution < 1.29 is 19.1 Å². The minimum atomic E-state index is -0.710. The van der Waals surface area contributed by atoms with E-state index in [0.29, 0.717) is 21.6 Å². The topological polar surface area (TPSA) is 77.5 Å². The molecule has 156 valence electrons. The lowest BCUT2D eigenvalue weighted by molar-refractivity contribution is -0.149. The summed E-state index contributed by atoms with van der Waals surface area (Å²) in [7, 11) is 0. The first-order chi connectivity index (χ1) is 14.3. The third kappa shape index (κ3) is 5.01. The van der Waals surface area contributed by atoms with E-state index in [4.69, 9.17) is 32.7 Å². The van der Waals surface area contributed by atoms with E-state index in [1.54, 1.807) is 12.1 Å². The van der Waals surface area contributed by atoms with Gasteiger partial charge < -0.3 is 14.8 Å². The van der Waals surface area contributed by atoms with E-state index in [-0.39, 0.29) is 10.8 Å². The van der Waals surface area contributed by atoms with Crippen LogP contribution in [0.15, 0.2) is 36.4 Å². The highest BCUT2D eigenvalue weighted by atomic mass is 35.5. The molecule has 3 rings (SSSR count). The Bertz CT molecular complexity index is 1130. The van der Waals surface area contributed by atoms with Gasteiger partial charge in [0.15, 0.2) is 19.0 Å². The molecule has 0 aliphatic rings. The fourth-order valence-electron chi connectivity index (χ4n) is 2.82. The number of amides is 1. The first-order valence-corrected chi connectivity index (χ1v) is 9.91. The van der Waals surface area contributed by atoms with Gasteiger partial charge >= 0.3 is 5.97 Å². The zero-order valence-corrected chi connectivity index (χ0v) is 18.2. The summed E-state index contributed by atoms with van der Waals surface area (Å²) in [6, 6.07) is 10.7. The molecule has 0 unspecified atom stereocenters. The Morgan fingerprint density at radius 1 is 1.03 bits per heavy atom. The number of rotatable bonds is 6. The summed E-state index contributed by atoms with van der Waals surface area (Å²) < 4.78 is 10.5. The molecule has 0 fully saturated rings. The van der Waals surface area contributed by atoms with Crippen LogP contribution >= 0.6 is 23.2 Å². The Morgan fingerprint density at radius 3 is 2.57 bits per heavy atom. The number of hydrogen-bond acceptors (Lipinski definition) is 5. The Kier molecular flexibility index (Phi) is 6.80. The highest BCUT2D eigenvalue weighted by molar-refractivity contribution is 6.39. The molecule has 0 aliphatic heterocycles. The number of hydrogen-bond donors (Lipinski definition) is 1. The zero-order valence-electron chi connectivity index (χ0n) is 16.7. The summed E-state index contributed by atoms with van der Waals surface area (Å²) in [5.41, 5.74) is 3.87. The number of carbonyl (C=O) groups is 2. The quantitative estimate of drug-likeness (QED) is 0.537. The fraction of sp³-hybridized carbons (Fsp3) is 0.227. The zero-order chi connectivity index (χ0) is 21.8. The summed E-state index contributed by atoms with van der Waals surface area (Å²) >= 11 is 12.4. The number of carbonyl (C=O) groups excluding carboxylic acids is 2. The van der Waals surface area contributed by atoms with Crippen molar-refractivity contribution in [3.05, 3.63) is 63.3 Å². The van der Waals surface area contributed by atoms with Gasteiger partial charge in [-0.3, -0.25) is 4.79 Å². The maximum Gasteiger partial charge on any atom is 0.344 e. The van der Waals surface area contributed by atoms with Crippen LogP contribution in [0, 0.1) is 20.8 Å². The van der Waals surface area contributed by atoms with Crippen molar-refractivity contribution in [3.63, 3.8) is 0 Å². The molecule has 0 atom stereocenters. The molecule has 30 heavy (non-hydrogen) atoms. The summed E-state index contributed by atoms with van der Waals surface area (Å²) in [6.07, 6.45) is 0. The highest BCUT2D eigenvalue weighted by Crippen LogP contribution is 2.37. The third-order valence-electron chi connectivity index (χ3n) is 4.55. The van der Waals surface area contributed by atoms with Crippen LogP contribution in [0.3, 0.4) is 0 Å². The molecule has 3 aromatic rings. The molecular weight excluding hydrogens is 427 g/mol. The second-order valence-corrected chi connectivity index (χ2v) is 7.58. The lowest BCUT2D eigenvalue weighted by Crippen LogP contribution is -2.24. The van der Waals surface area contributed by atoms with Crippen LogP contribution in [-0.4, -0.2) is 30.1 Å². The number of esters is 1. The summed E-state index contributed by atoms with van der Waals surface area (Å²) in [4.78, 5) is 28.5. The minimum absolute atomic E-state index is 0.228. The predicted octanol–water partition coefficient (Wildman–Crippen LogP) is 5.03. The number of fused-ring (bicyclic) bond motifs is 1. The van der Waals surface area contributed by atoms with E-state index in [0.717, 1.165) is 16.8 Å². The van der Waals surface area contributed by atoms with E-state index in [1.165, 1.54) is 6.07 Å². The molecule has 1 heterocycles. The molecule has 1 N–H and O–H groups in total. The number of aromatic nitrogens is 1. The Morgan fingerprint density at radius 2 is 1.80 bits per heavy atom. The van der Waals surface area contributed by atoms with Crippen LogP contribution in [0.5, 0.6) is 5.75 Å². The van der Waals surface area contributed by atoms with E-state index in [9.17, 15) is 9.59 Å². The van der Waals surface area contributed by atoms with Gasteiger partial charge in [0.25, 0.3) is 5.91 Å². The summed E-state index contributed by atoms with van der Waals surface area (Å²) in [5, 5.41) is 4.04. The number of aryl methyl sites for hydroxylation is 2. The second kappa shape index (κ2) is 9.32. The molecule has 0 aliphatic carbocycles. The highest BCUT2D eigenvalue weighted by Gasteiger charge is 2.16. The fourth-order valence-corrected chi connectivity index (χ4v) is 3.39. The van der Waals surface area contributed by atoms with Gasteiger partial charge in [-0.15, -0.1) is 0 Å². The van der Waals surface area contributed by atoms with E-state index >= 15 is 0 Å². The largest absolute Gasteiger partial charge is 0.478 e. The molecule has 1 amide bonds. The Hall–Kier alpha value is -2.83. The maximum absolute atomic E-state index is 12.1. The van der Waals surface area contributed by atoms with Gasteiger partial charge in [0.1, 0.15) is 5.52 Å². The Balaban J connectivity index is 1.60. The Labute approximate surface area is 184 Å². The van der Waals surface area contributed by atoms with Gasteiger partial charge in [-0.25, -0.2) is 9.78 Å². The van der Waals surface area contributed by atoms with Crippen molar-refractivity contribution in [1.29, 1.82) is 0 Å². The normalized spacial score (nSPS) is 10.7. The number of nitrogens with one attached hydrogen (secondary N) is 1. The number of halogens is 2. The van der Waals surface area contributed by atoms with Crippen molar-refractivity contribution >= 4 is 51.7 Å². The molecule has 8 heteroatoms. The molecular formula is C22H20Cl2N2O4. The lowest BCUT2D eigenvalue weighted by atomic mass is 10.1. The van der Waals surface area contributed by atoms with Gasteiger partial charge in [-0.1, -0.05) is 35.3 Å². The van der Waals surface area contributed by atoms with E-state index in [2.05, 4.69) is 10.3 Å². The molecule has 6 nitrogen and oxygen atoms in total. The smallest absolute Gasteiger partial charge is 0.344 e. The molecule has 0 bridgehead atoms. The van der Waals surface area contributed by atoms with E-state index in [1.807, 2.05) is 39.0 Å². The summed E-state index contributed by atoms with van der Waals surface area (Å²) in [5.74, 6) is -0.918. The molecule has 2 aromatic carbocycles. The van der Waals surface area contributed by atoms with E-state index < -0.39 is 25.1 Å². The number of ether oxygens (including phenoxy) is 2. The van der Waals surface area contributed by atoms with Gasteiger partial charge in [0.2, 0.25) is 0 Å². The molecule has 1 aromatic heterocycles. The number of benzene rings is 2. The van der Waals surface area contributed by atoms with Gasteiger partial charge in [0.05, 0.1) is 10.0 Å². The van der Waals surface area contributed by atoms with Crippen molar-refractivity contribution in [2.45, 2.75) is 20.8 Å². The maximum atomic E-state index is 12.1. The third-order valence-corrected chi connectivity index (χ3v) is 5.15. The average molecular weight is 447 g/mol. The van der Waals surface area contributed by atoms with Crippen molar-refractivity contribution in [3.8, 4) is 5.75 Å². The minimum Gasteiger partial charge on any atom is -0.478 e. The predicted molar refractivity (Wildman–Crippen MR) is 117 cm³/mol. The summed E-state index contributed by atoms with van der Waals surface area (Å²) in [6.45, 7) is 4.82. The SMILES string of the molecule is Cc1ccc2c(Cl)cc(Cl)c(OCC(=O)OCC(=O)Nc3cccc(C)c3C)c2n1. The van der Waals surface area contributed by atoms with Crippen molar-refractivity contribution in [1.82, 2.24) is 4.98 Å². The molecule has 0 spiro atoms. The van der Waals surface area contributed by atoms with Crippen LogP contribution in [0.2, 0.25) is 10.0 Å². The number of nitrogens with zero attached hydrogens (tertiary/aromatic N) is 1. The van der Waals surface area contributed by atoms with Crippen LogP contribution in [0.1, 0.15) is 16.8 Å². The average Bonchev–Trinajstić information content (AvgIpc) is 2.69.